The fraction of sp³-hybridized carbons (Fsp3) is 0.115. The van der Waals surface area contributed by atoms with Gasteiger partial charge in [0, 0.05) is 34.6 Å². The van der Waals surface area contributed by atoms with Gasteiger partial charge >= 0.3 is 5.97 Å². The summed E-state index contributed by atoms with van der Waals surface area (Å²) in [5.74, 6) is 4.79. The molecule has 0 aliphatic rings. The maximum absolute atomic E-state index is 12.8. The van der Waals surface area contributed by atoms with Crippen molar-refractivity contribution in [3.8, 4) is 11.8 Å². The first-order valence-corrected chi connectivity index (χ1v) is 11.8. The molecule has 1 atom stereocenters. The predicted octanol–water partition coefficient (Wildman–Crippen LogP) is 3.85. The maximum Gasteiger partial charge on any atom is 0.322 e. The molecule has 4 rings (SSSR count). The van der Waals surface area contributed by atoms with Crippen molar-refractivity contribution in [1.29, 1.82) is 0 Å². The highest BCUT2D eigenvalue weighted by Gasteiger charge is 2.26. The van der Waals surface area contributed by atoms with Crippen LogP contribution in [-0.4, -0.2) is 30.5 Å². The lowest BCUT2D eigenvalue weighted by atomic mass is 10.1. The molecular formula is C26H22N2O4S. The summed E-state index contributed by atoms with van der Waals surface area (Å²) in [4.78, 5) is 14.9. The first-order valence-electron chi connectivity index (χ1n) is 10.3. The predicted molar refractivity (Wildman–Crippen MR) is 127 cm³/mol. The Morgan fingerprint density at radius 2 is 1.58 bits per heavy atom. The number of carboxylic acids is 1. The number of rotatable bonds is 6. The number of H-pyrrole nitrogens is 1. The number of nitrogens with one attached hydrogen (secondary N) is 2. The van der Waals surface area contributed by atoms with Crippen molar-refractivity contribution in [3.63, 3.8) is 0 Å². The van der Waals surface area contributed by atoms with Gasteiger partial charge in [-0.3, -0.25) is 4.79 Å². The number of benzene rings is 3. The molecule has 0 aliphatic carbocycles. The second-order valence-corrected chi connectivity index (χ2v) is 9.43. The Bertz CT molecular complexity index is 1460. The smallest absolute Gasteiger partial charge is 0.322 e. The summed E-state index contributed by atoms with van der Waals surface area (Å²) >= 11 is 0. The monoisotopic (exact) mass is 458 g/mol. The van der Waals surface area contributed by atoms with E-state index in [1.54, 1.807) is 18.3 Å². The molecule has 3 aromatic carbocycles. The Labute approximate surface area is 192 Å². The SMILES string of the molecule is Cc1ccc(C#Cc2ccc(S(=O)(=O)NC(Cc3c[nH]c4ccccc34)C(=O)O)cc2)cc1. The molecule has 0 amide bonds. The summed E-state index contributed by atoms with van der Waals surface area (Å²) in [5, 5.41) is 10.5. The molecule has 3 N–H and O–H groups in total. The highest BCUT2D eigenvalue weighted by atomic mass is 32.2. The van der Waals surface area contributed by atoms with Crippen LogP contribution >= 0.6 is 0 Å². The Kier molecular flexibility index (Phi) is 6.31. The van der Waals surface area contributed by atoms with Gasteiger partial charge in [-0.25, -0.2) is 8.42 Å². The van der Waals surface area contributed by atoms with E-state index >= 15 is 0 Å². The minimum Gasteiger partial charge on any atom is -0.480 e. The molecule has 0 aliphatic heterocycles. The lowest BCUT2D eigenvalue weighted by Gasteiger charge is -2.14. The topological polar surface area (TPSA) is 99.3 Å². The number of para-hydroxylation sites is 1. The van der Waals surface area contributed by atoms with Crippen LogP contribution < -0.4 is 4.72 Å². The van der Waals surface area contributed by atoms with Crippen LogP contribution in [-0.2, 0) is 21.2 Å². The van der Waals surface area contributed by atoms with Crippen molar-refractivity contribution in [2.75, 3.05) is 0 Å². The second kappa shape index (κ2) is 9.33. The van der Waals surface area contributed by atoms with E-state index in [0.717, 1.165) is 27.6 Å². The highest BCUT2D eigenvalue weighted by Crippen LogP contribution is 2.20. The Balaban J connectivity index is 1.50. The quantitative estimate of drug-likeness (QED) is 0.382. The van der Waals surface area contributed by atoms with Gasteiger partial charge in [0.25, 0.3) is 0 Å². The van der Waals surface area contributed by atoms with Gasteiger partial charge in [0.05, 0.1) is 4.90 Å². The van der Waals surface area contributed by atoms with E-state index in [4.69, 9.17) is 0 Å². The van der Waals surface area contributed by atoms with Crippen LogP contribution in [0, 0.1) is 18.8 Å². The zero-order valence-electron chi connectivity index (χ0n) is 17.9. The van der Waals surface area contributed by atoms with Crippen LogP contribution in [0.25, 0.3) is 10.9 Å². The van der Waals surface area contributed by atoms with E-state index in [1.807, 2.05) is 55.5 Å². The first kappa shape index (κ1) is 22.3. The van der Waals surface area contributed by atoms with Gasteiger partial charge in [-0.2, -0.15) is 4.72 Å². The van der Waals surface area contributed by atoms with Crippen LogP contribution in [0.15, 0.2) is 83.9 Å². The number of aromatic nitrogens is 1. The van der Waals surface area contributed by atoms with Gasteiger partial charge in [0.15, 0.2) is 0 Å². The van der Waals surface area contributed by atoms with Crippen molar-refractivity contribution in [1.82, 2.24) is 9.71 Å². The zero-order valence-corrected chi connectivity index (χ0v) is 18.7. The third-order valence-corrected chi connectivity index (χ3v) is 6.75. The van der Waals surface area contributed by atoms with E-state index < -0.39 is 22.0 Å². The van der Waals surface area contributed by atoms with E-state index in [0.29, 0.717) is 5.56 Å². The minimum atomic E-state index is -4.04. The molecule has 4 aromatic rings. The minimum absolute atomic E-state index is 0.0126. The number of sulfonamides is 1. The largest absolute Gasteiger partial charge is 0.480 e. The number of aryl methyl sites for hydroxylation is 1. The molecule has 0 spiro atoms. The molecule has 0 fully saturated rings. The molecular weight excluding hydrogens is 436 g/mol. The highest BCUT2D eigenvalue weighted by molar-refractivity contribution is 7.89. The average Bonchev–Trinajstić information content (AvgIpc) is 3.21. The molecule has 166 valence electrons. The van der Waals surface area contributed by atoms with Crippen molar-refractivity contribution >= 4 is 26.9 Å². The standard InChI is InChI=1S/C26H22N2O4S/c1-18-6-8-19(9-7-18)10-11-20-12-14-22(15-13-20)33(31,32)28-25(26(29)30)16-21-17-27-24-5-3-2-4-23(21)24/h2-9,12-15,17,25,27-28H,16H2,1H3,(H,29,30). The van der Waals surface area contributed by atoms with Gasteiger partial charge in [0.1, 0.15) is 6.04 Å². The third kappa shape index (κ3) is 5.32. The summed E-state index contributed by atoms with van der Waals surface area (Å²) in [7, 11) is -4.04. The molecule has 1 aromatic heterocycles. The first-order chi connectivity index (χ1) is 15.8. The van der Waals surface area contributed by atoms with Crippen molar-refractivity contribution in [2.24, 2.45) is 0 Å². The summed E-state index contributed by atoms with van der Waals surface area (Å²) in [5.41, 5.74) is 4.25. The molecule has 6 nitrogen and oxygen atoms in total. The van der Waals surface area contributed by atoms with Crippen LogP contribution in [0.2, 0.25) is 0 Å². The number of carbonyl (C=O) groups is 1. The summed E-state index contributed by atoms with van der Waals surface area (Å²) < 4.78 is 28.0. The van der Waals surface area contributed by atoms with Gasteiger partial charge in [-0.15, -0.1) is 0 Å². The Hall–Kier alpha value is -3.86. The molecule has 0 radical (unpaired) electrons. The maximum atomic E-state index is 12.8. The number of carboxylic acid groups (broad SMARTS) is 1. The van der Waals surface area contributed by atoms with Gasteiger partial charge in [-0.05, 0) is 55.0 Å². The van der Waals surface area contributed by atoms with E-state index in [1.165, 1.54) is 12.1 Å². The van der Waals surface area contributed by atoms with Gasteiger partial charge in [-0.1, -0.05) is 47.7 Å². The van der Waals surface area contributed by atoms with Crippen molar-refractivity contribution in [3.05, 3.63) is 101 Å². The van der Waals surface area contributed by atoms with Crippen LogP contribution in [0.3, 0.4) is 0 Å². The molecule has 0 bridgehead atoms. The number of hydrogen-bond donors (Lipinski definition) is 3. The van der Waals surface area contributed by atoms with Gasteiger partial charge < -0.3 is 10.1 Å². The number of fused-ring (bicyclic) bond motifs is 1. The third-order valence-electron chi connectivity index (χ3n) is 5.26. The van der Waals surface area contributed by atoms with Crippen LogP contribution in [0.5, 0.6) is 0 Å². The van der Waals surface area contributed by atoms with Gasteiger partial charge in [0.2, 0.25) is 10.0 Å². The molecule has 0 saturated heterocycles. The average molecular weight is 459 g/mol. The molecule has 1 heterocycles. The second-order valence-electron chi connectivity index (χ2n) is 7.72. The summed E-state index contributed by atoms with van der Waals surface area (Å²) in [6, 6.07) is 20.0. The van der Waals surface area contributed by atoms with Crippen molar-refractivity contribution < 1.29 is 18.3 Å². The van der Waals surface area contributed by atoms with Crippen molar-refractivity contribution in [2.45, 2.75) is 24.3 Å². The fourth-order valence-electron chi connectivity index (χ4n) is 3.45. The number of aliphatic carboxylic acids is 1. The Morgan fingerprint density at radius 3 is 2.21 bits per heavy atom. The number of aromatic amines is 1. The molecule has 1 unspecified atom stereocenters. The Morgan fingerprint density at radius 1 is 0.970 bits per heavy atom. The fourth-order valence-corrected chi connectivity index (χ4v) is 4.64. The normalized spacial score (nSPS) is 12.2. The van der Waals surface area contributed by atoms with Crippen LogP contribution in [0.4, 0.5) is 0 Å². The molecule has 0 saturated carbocycles. The summed E-state index contributed by atoms with van der Waals surface area (Å²) in [6.07, 6.45) is 1.72. The lowest BCUT2D eigenvalue weighted by Crippen LogP contribution is -2.42. The lowest BCUT2D eigenvalue weighted by molar-refractivity contribution is -0.138. The van der Waals surface area contributed by atoms with E-state index in [-0.39, 0.29) is 11.3 Å². The van der Waals surface area contributed by atoms with E-state index in [2.05, 4.69) is 21.5 Å². The summed E-state index contributed by atoms with van der Waals surface area (Å²) in [6.45, 7) is 2.00. The number of hydrogen-bond acceptors (Lipinski definition) is 3. The van der Waals surface area contributed by atoms with E-state index in [9.17, 15) is 18.3 Å². The zero-order chi connectivity index (χ0) is 23.4. The molecule has 7 heteroatoms. The van der Waals surface area contributed by atoms with Crippen LogP contribution in [0.1, 0.15) is 22.3 Å². The molecule has 33 heavy (non-hydrogen) atoms.